The van der Waals surface area contributed by atoms with Crippen LogP contribution in [0.1, 0.15) is 42.1 Å². The molecule has 0 bridgehead atoms. The third kappa shape index (κ3) is 3.49. The van der Waals surface area contributed by atoms with Gasteiger partial charge < -0.3 is 19.4 Å². The lowest BCUT2D eigenvalue weighted by atomic mass is 10.2. The first-order valence-corrected chi connectivity index (χ1v) is 9.59. The topological polar surface area (TPSA) is 80.5 Å². The van der Waals surface area contributed by atoms with E-state index in [0.29, 0.717) is 23.0 Å². The Labute approximate surface area is 167 Å². The Hall–Kier alpha value is -2.80. The van der Waals surface area contributed by atoms with Gasteiger partial charge >= 0.3 is 0 Å². The van der Waals surface area contributed by atoms with E-state index in [4.69, 9.17) is 20.8 Å². The van der Waals surface area contributed by atoms with Gasteiger partial charge in [0.2, 0.25) is 5.95 Å². The summed E-state index contributed by atoms with van der Waals surface area (Å²) in [5, 5.41) is 4.03. The molecule has 1 aliphatic rings. The molecule has 0 saturated carbocycles. The van der Waals surface area contributed by atoms with Crippen molar-refractivity contribution < 1.29 is 13.9 Å². The van der Waals surface area contributed by atoms with E-state index in [1.807, 2.05) is 31.2 Å². The maximum atomic E-state index is 12.8. The van der Waals surface area contributed by atoms with Gasteiger partial charge in [0.1, 0.15) is 5.76 Å². The van der Waals surface area contributed by atoms with Crippen molar-refractivity contribution in [1.82, 2.24) is 15.3 Å². The molecular weight excluding hydrogens is 380 g/mol. The lowest BCUT2D eigenvalue weighted by Gasteiger charge is -2.17. The van der Waals surface area contributed by atoms with Gasteiger partial charge in [-0.25, -0.2) is 9.97 Å². The molecule has 4 rings (SSSR count). The number of nitrogens with one attached hydrogen (secondary N) is 1. The molecule has 3 aromatic rings. The third-order valence-electron chi connectivity index (χ3n) is 4.86. The predicted octanol–water partition coefficient (Wildman–Crippen LogP) is 3.98. The van der Waals surface area contributed by atoms with Crippen LogP contribution in [0, 0.1) is 0 Å². The lowest BCUT2D eigenvalue weighted by Crippen LogP contribution is -2.29. The van der Waals surface area contributed by atoms with Crippen LogP contribution in [-0.2, 0) is 0 Å². The Bertz CT molecular complexity index is 1010. The summed E-state index contributed by atoms with van der Waals surface area (Å²) >= 11 is 6.19. The van der Waals surface area contributed by atoms with Crippen LogP contribution in [0.15, 0.2) is 34.9 Å². The second-order valence-electron chi connectivity index (χ2n) is 6.78. The van der Waals surface area contributed by atoms with Gasteiger partial charge in [-0.15, -0.1) is 0 Å². The minimum atomic E-state index is -0.370. The molecule has 146 valence electrons. The number of aromatic nitrogens is 2. The fraction of sp³-hybridized carbons (Fsp3) is 0.350. The van der Waals surface area contributed by atoms with E-state index in [9.17, 15) is 4.79 Å². The molecule has 1 aromatic carbocycles. The van der Waals surface area contributed by atoms with Gasteiger partial charge in [-0.05, 0) is 31.9 Å². The van der Waals surface area contributed by atoms with Crippen LogP contribution in [0.25, 0.3) is 11.0 Å². The maximum absolute atomic E-state index is 12.8. The van der Waals surface area contributed by atoms with Crippen molar-refractivity contribution in [2.24, 2.45) is 0 Å². The van der Waals surface area contributed by atoms with Crippen molar-refractivity contribution in [3.63, 3.8) is 0 Å². The number of methoxy groups -OCH3 is 1. The number of amides is 1. The van der Waals surface area contributed by atoms with Crippen LogP contribution < -0.4 is 15.0 Å². The van der Waals surface area contributed by atoms with Crippen LogP contribution >= 0.6 is 11.6 Å². The van der Waals surface area contributed by atoms with Crippen molar-refractivity contribution in [2.75, 3.05) is 25.1 Å². The number of anilines is 1. The van der Waals surface area contributed by atoms with E-state index in [2.05, 4.69) is 20.2 Å². The minimum Gasteiger partial charge on any atom is -0.493 e. The number of hydrogen-bond acceptors (Lipinski definition) is 6. The summed E-state index contributed by atoms with van der Waals surface area (Å²) in [7, 11) is 1.59. The lowest BCUT2D eigenvalue weighted by molar-refractivity contribution is 0.0930. The van der Waals surface area contributed by atoms with Crippen LogP contribution in [0.2, 0.25) is 5.02 Å². The van der Waals surface area contributed by atoms with Crippen LogP contribution in [0.5, 0.6) is 5.75 Å². The SMILES string of the molecule is COc1cccc2cc(C(C)NC(=O)c3nc(N4CCCC4)ncc3Cl)oc12. The summed E-state index contributed by atoms with van der Waals surface area (Å²) < 4.78 is 11.2. The van der Waals surface area contributed by atoms with E-state index in [-0.39, 0.29) is 22.7 Å². The summed E-state index contributed by atoms with van der Waals surface area (Å²) in [6.45, 7) is 3.62. The molecule has 8 heteroatoms. The van der Waals surface area contributed by atoms with Gasteiger partial charge in [0.25, 0.3) is 5.91 Å². The molecule has 0 radical (unpaired) electrons. The fourth-order valence-corrected chi connectivity index (χ4v) is 3.53. The quantitative estimate of drug-likeness (QED) is 0.697. The van der Waals surface area contributed by atoms with E-state index in [0.717, 1.165) is 31.3 Å². The molecular formula is C20H21ClN4O3. The van der Waals surface area contributed by atoms with Crippen molar-refractivity contribution in [3.8, 4) is 5.75 Å². The van der Waals surface area contributed by atoms with Gasteiger partial charge in [-0.3, -0.25) is 4.79 Å². The molecule has 1 N–H and O–H groups in total. The Balaban J connectivity index is 1.55. The highest BCUT2D eigenvalue weighted by Gasteiger charge is 2.22. The number of fused-ring (bicyclic) bond motifs is 1. The Morgan fingerprint density at radius 1 is 1.36 bits per heavy atom. The average Bonchev–Trinajstić information content (AvgIpc) is 3.37. The van der Waals surface area contributed by atoms with Gasteiger partial charge in [0, 0.05) is 18.5 Å². The molecule has 1 amide bonds. The number of carbonyl (C=O) groups is 1. The number of furan rings is 1. The normalized spacial score (nSPS) is 15.0. The first-order valence-electron chi connectivity index (χ1n) is 9.21. The number of benzene rings is 1. The standard InChI is InChI=1S/C20H21ClN4O3/c1-12(16-10-13-6-5-7-15(27-2)18(13)28-16)23-19(26)17-14(21)11-22-20(24-17)25-8-3-4-9-25/h5-7,10-12H,3-4,8-9H2,1-2H3,(H,23,26). The molecule has 0 aliphatic carbocycles. The zero-order chi connectivity index (χ0) is 19.7. The molecule has 1 saturated heterocycles. The highest BCUT2D eigenvalue weighted by atomic mass is 35.5. The van der Waals surface area contributed by atoms with E-state index in [1.165, 1.54) is 6.20 Å². The van der Waals surface area contributed by atoms with Crippen LogP contribution in [-0.4, -0.2) is 36.1 Å². The number of para-hydroxylation sites is 1. The number of hydrogen-bond donors (Lipinski definition) is 1. The van der Waals surface area contributed by atoms with Crippen molar-refractivity contribution in [2.45, 2.75) is 25.8 Å². The molecule has 1 unspecified atom stereocenters. The summed E-state index contributed by atoms with van der Waals surface area (Å²) in [6.07, 6.45) is 3.67. The largest absolute Gasteiger partial charge is 0.493 e. The number of halogens is 1. The second-order valence-corrected chi connectivity index (χ2v) is 7.19. The summed E-state index contributed by atoms with van der Waals surface area (Å²) in [5.74, 6) is 1.44. The number of rotatable bonds is 5. The van der Waals surface area contributed by atoms with Gasteiger partial charge in [-0.2, -0.15) is 0 Å². The first-order chi connectivity index (χ1) is 13.6. The highest BCUT2D eigenvalue weighted by Crippen LogP contribution is 2.31. The van der Waals surface area contributed by atoms with Crippen LogP contribution in [0.3, 0.4) is 0 Å². The number of nitrogens with zero attached hydrogens (tertiary/aromatic N) is 3. The Morgan fingerprint density at radius 3 is 2.89 bits per heavy atom. The van der Waals surface area contributed by atoms with E-state index < -0.39 is 0 Å². The molecule has 7 nitrogen and oxygen atoms in total. The van der Waals surface area contributed by atoms with E-state index >= 15 is 0 Å². The number of carbonyl (C=O) groups excluding carboxylic acids is 1. The Morgan fingerprint density at radius 2 is 2.14 bits per heavy atom. The predicted molar refractivity (Wildman–Crippen MR) is 107 cm³/mol. The molecule has 1 fully saturated rings. The Kier molecular flexibility index (Phi) is 5.09. The smallest absolute Gasteiger partial charge is 0.272 e. The van der Waals surface area contributed by atoms with Crippen molar-refractivity contribution >= 4 is 34.4 Å². The highest BCUT2D eigenvalue weighted by molar-refractivity contribution is 6.33. The fourth-order valence-electron chi connectivity index (χ4n) is 3.35. The zero-order valence-corrected chi connectivity index (χ0v) is 16.5. The summed E-state index contributed by atoms with van der Waals surface area (Å²) in [6, 6.07) is 7.18. The molecule has 0 spiro atoms. The molecule has 2 aromatic heterocycles. The van der Waals surface area contributed by atoms with Crippen LogP contribution in [0.4, 0.5) is 5.95 Å². The second kappa shape index (κ2) is 7.67. The summed E-state index contributed by atoms with van der Waals surface area (Å²) in [4.78, 5) is 23.5. The van der Waals surface area contributed by atoms with Gasteiger partial charge in [0.15, 0.2) is 17.0 Å². The maximum Gasteiger partial charge on any atom is 0.272 e. The molecule has 1 aliphatic heterocycles. The van der Waals surface area contributed by atoms with E-state index in [1.54, 1.807) is 7.11 Å². The zero-order valence-electron chi connectivity index (χ0n) is 15.7. The van der Waals surface area contributed by atoms with Gasteiger partial charge in [0.05, 0.1) is 24.4 Å². The van der Waals surface area contributed by atoms with Crippen molar-refractivity contribution in [1.29, 1.82) is 0 Å². The van der Waals surface area contributed by atoms with Gasteiger partial charge in [-0.1, -0.05) is 23.7 Å². The summed E-state index contributed by atoms with van der Waals surface area (Å²) in [5.41, 5.74) is 0.816. The first kappa shape index (κ1) is 18.6. The molecule has 28 heavy (non-hydrogen) atoms. The number of ether oxygens (including phenoxy) is 1. The minimum absolute atomic E-state index is 0.166. The molecule has 3 heterocycles. The monoisotopic (exact) mass is 400 g/mol. The average molecular weight is 401 g/mol. The third-order valence-corrected chi connectivity index (χ3v) is 5.13. The molecule has 1 atom stereocenters. The van der Waals surface area contributed by atoms with Crippen molar-refractivity contribution in [3.05, 3.63) is 46.9 Å².